The predicted octanol–water partition coefficient (Wildman–Crippen LogP) is 4.64. The van der Waals surface area contributed by atoms with Crippen LogP contribution in [0, 0.1) is 0 Å². The van der Waals surface area contributed by atoms with Crippen molar-refractivity contribution in [2.24, 2.45) is 0 Å². The molecule has 1 saturated heterocycles. The molecule has 0 atom stereocenters. The molecule has 0 spiro atoms. The van der Waals surface area contributed by atoms with Crippen LogP contribution in [0.25, 0.3) is 6.08 Å². The topological polar surface area (TPSA) is 32.8 Å². The second kappa shape index (κ2) is 10.1. The van der Waals surface area contributed by atoms with Gasteiger partial charge in [0.25, 0.3) is 0 Å². The van der Waals surface area contributed by atoms with E-state index in [0.717, 1.165) is 37.5 Å². The van der Waals surface area contributed by atoms with E-state index in [0.29, 0.717) is 0 Å². The zero-order chi connectivity index (χ0) is 21.5. The fraction of sp³-hybridized carbons (Fsp3) is 0.222. The Morgan fingerprint density at radius 1 is 0.806 bits per heavy atom. The monoisotopic (exact) mass is 412 g/mol. The van der Waals surface area contributed by atoms with Gasteiger partial charge in [0.05, 0.1) is 13.2 Å². The normalized spacial score (nSPS) is 14.8. The molecule has 31 heavy (non-hydrogen) atoms. The largest absolute Gasteiger partial charge is 0.497 e. The van der Waals surface area contributed by atoms with E-state index in [4.69, 9.17) is 4.74 Å². The molecule has 0 N–H and O–H groups in total. The summed E-state index contributed by atoms with van der Waals surface area (Å²) >= 11 is 0. The number of carbonyl (C=O) groups is 1. The highest BCUT2D eigenvalue weighted by Gasteiger charge is 2.27. The third-order valence-electron chi connectivity index (χ3n) is 5.76. The Kier molecular flexibility index (Phi) is 6.80. The third kappa shape index (κ3) is 5.22. The number of rotatable bonds is 6. The summed E-state index contributed by atoms with van der Waals surface area (Å²) in [5.41, 5.74) is 3.56. The number of hydrogen-bond acceptors (Lipinski definition) is 3. The van der Waals surface area contributed by atoms with Gasteiger partial charge in [-0.05, 0) is 34.9 Å². The minimum atomic E-state index is 0.0615. The molecule has 1 heterocycles. The highest BCUT2D eigenvalue weighted by atomic mass is 16.5. The van der Waals surface area contributed by atoms with Crippen LogP contribution in [-0.4, -0.2) is 49.0 Å². The Morgan fingerprint density at radius 3 is 1.87 bits per heavy atom. The van der Waals surface area contributed by atoms with E-state index in [-0.39, 0.29) is 11.9 Å². The van der Waals surface area contributed by atoms with Crippen LogP contribution in [0.5, 0.6) is 5.75 Å². The Morgan fingerprint density at radius 2 is 1.35 bits per heavy atom. The van der Waals surface area contributed by atoms with Gasteiger partial charge in [-0.15, -0.1) is 0 Å². The molecular formula is C27H28N2O2. The lowest BCUT2D eigenvalue weighted by Crippen LogP contribution is -2.49. The number of methoxy groups -OCH3 is 1. The molecule has 4 heteroatoms. The lowest BCUT2D eigenvalue weighted by atomic mass is 9.96. The van der Waals surface area contributed by atoms with E-state index in [9.17, 15) is 4.79 Å². The molecule has 3 aromatic carbocycles. The van der Waals surface area contributed by atoms with Crippen LogP contribution in [0.2, 0.25) is 0 Å². The van der Waals surface area contributed by atoms with E-state index in [2.05, 4.69) is 65.6 Å². The smallest absolute Gasteiger partial charge is 0.246 e. The first-order valence-corrected chi connectivity index (χ1v) is 10.7. The number of piperazine rings is 1. The van der Waals surface area contributed by atoms with Crippen molar-refractivity contribution >= 4 is 12.0 Å². The first-order chi connectivity index (χ1) is 15.2. The van der Waals surface area contributed by atoms with Crippen molar-refractivity contribution < 1.29 is 9.53 Å². The van der Waals surface area contributed by atoms with Gasteiger partial charge in [-0.3, -0.25) is 9.69 Å². The van der Waals surface area contributed by atoms with Crippen molar-refractivity contribution in [2.45, 2.75) is 6.04 Å². The molecule has 158 valence electrons. The highest BCUT2D eigenvalue weighted by molar-refractivity contribution is 5.91. The van der Waals surface area contributed by atoms with Crippen LogP contribution in [-0.2, 0) is 4.79 Å². The van der Waals surface area contributed by atoms with Gasteiger partial charge < -0.3 is 9.64 Å². The maximum Gasteiger partial charge on any atom is 0.246 e. The number of nitrogens with zero attached hydrogens (tertiary/aromatic N) is 2. The minimum absolute atomic E-state index is 0.0615. The van der Waals surface area contributed by atoms with Crippen LogP contribution in [0.15, 0.2) is 91.0 Å². The Labute approximate surface area is 184 Å². The Bertz CT molecular complexity index is 953. The van der Waals surface area contributed by atoms with Gasteiger partial charge in [-0.25, -0.2) is 0 Å². The predicted molar refractivity (Wildman–Crippen MR) is 125 cm³/mol. The summed E-state index contributed by atoms with van der Waals surface area (Å²) in [5.74, 6) is 0.873. The van der Waals surface area contributed by atoms with Gasteiger partial charge in [-0.2, -0.15) is 0 Å². The lowest BCUT2D eigenvalue weighted by molar-refractivity contribution is -0.127. The van der Waals surface area contributed by atoms with Crippen LogP contribution >= 0.6 is 0 Å². The average molecular weight is 413 g/mol. The summed E-state index contributed by atoms with van der Waals surface area (Å²) < 4.78 is 5.18. The molecule has 0 unspecified atom stereocenters. The molecular weight excluding hydrogens is 384 g/mol. The molecule has 4 nitrogen and oxygen atoms in total. The Hall–Kier alpha value is -3.37. The number of ether oxygens (including phenoxy) is 1. The molecule has 0 aromatic heterocycles. The van der Waals surface area contributed by atoms with Crippen molar-refractivity contribution in [2.75, 3.05) is 33.3 Å². The van der Waals surface area contributed by atoms with E-state index >= 15 is 0 Å². The van der Waals surface area contributed by atoms with Crippen molar-refractivity contribution in [1.82, 2.24) is 9.80 Å². The second-order valence-corrected chi connectivity index (χ2v) is 7.69. The summed E-state index contributed by atoms with van der Waals surface area (Å²) in [6.07, 6.45) is 3.54. The highest BCUT2D eigenvalue weighted by Crippen LogP contribution is 2.29. The van der Waals surface area contributed by atoms with Gasteiger partial charge in [0.15, 0.2) is 0 Å². The first-order valence-electron chi connectivity index (χ1n) is 10.7. The molecule has 1 aliphatic rings. The van der Waals surface area contributed by atoms with Gasteiger partial charge in [0.2, 0.25) is 5.91 Å². The first kappa shape index (κ1) is 20.9. The summed E-state index contributed by atoms with van der Waals surface area (Å²) in [4.78, 5) is 17.1. The van der Waals surface area contributed by atoms with Gasteiger partial charge in [0.1, 0.15) is 5.75 Å². The standard InChI is InChI=1S/C27H28N2O2/c1-31-25-15-12-22(13-16-25)14-17-26(30)28-18-20-29(21-19-28)27(23-8-4-2-5-9-23)24-10-6-3-7-11-24/h2-17,27H,18-21H2,1H3/b17-14+. The zero-order valence-corrected chi connectivity index (χ0v) is 17.9. The van der Waals surface area contributed by atoms with E-state index in [1.165, 1.54) is 11.1 Å². The maximum absolute atomic E-state index is 12.7. The fourth-order valence-corrected chi connectivity index (χ4v) is 4.07. The van der Waals surface area contributed by atoms with E-state index in [1.807, 2.05) is 35.2 Å². The zero-order valence-electron chi connectivity index (χ0n) is 17.9. The van der Waals surface area contributed by atoms with Crippen molar-refractivity contribution in [3.63, 3.8) is 0 Å². The number of benzene rings is 3. The van der Waals surface area contributed by atoms with Gasteiger partial charge in [-0.1, -0.05) is 72.8 Å². The number of carbonyl (C=O) groups excluding carboxylic acids is 1. The van der Waals surface area contributed by atoms with Crippen molar-refractivity contribution in [3.8, 4) is 5.75 Å². The summed E-state index contributed by atoms with van der Waals surface area (Å²) in [6, 6.07) is 29.1. The summed E-state index contributed by atoms with van der Waals surface area (Å²) in [5, 5.41) is 0. The van der Waals surface area contributed by atoms with E-state index in [1.54, 1.807) is 13.2 Å². The molecule has 0 saturated carbocycles. The van der Waals surface area contributed by atoms with Crippen molar-refractivity contribution in [1.29, 1.82) is 0 Å². The minimum Gasteiger partial charge on any atom is -0.497 e. The molecule has 0 radical (unpaired) electrons. The lowest BCUT2D eigenvalue weighted by Gasteiger charge is -2.39. The maximum atomic E-state index is 12.7. The van der Waals surface area contributed by atoms with Gasteiger partial charge in [0, 0.05) is 32.3 Å². The number of hydrogen-bond donors (Lipinski definition) is 0. The molecule has 3 aromatic rings. The fourth-order valence-electron chi connectivity index (χ4n) is 4.07. The molecule has 0 aliphatic carbocycles. The number of amides is 1. The SMILES string of the molecule is COc1ccc(/C=C/C(=O)N2CCN(C(c3ccccc3)c3ccccc3)CC2)cc1. The second-order valence-electron chi connectivity index (χ2n) is 7.69. The molecule has 1 fully saturated rings. The van der Waals surface area contributed by atoms with E-state index < -0.39 is 0 Å². The third-order valence-corrected chi connectivity index (χ3v) is 5.76. The van der Waals surface area contributed by atoms with Crippen molar-refractivity contribution in [3.05, 3.63) is 108 Å². The van der Waals surface area contributed by atoms with Crippen LogP contribution in [0.1, 0.15) is 22.7 Å². The summed E-state index contributed by atoms with van der Waals surface area (Å²) in [6.45, 7) is 3.14. The Balaban J connectivity index is 1.41. The summed E-state index contributed by atoms with van der Waals surface area (Å²) in [7, 11) is 1.65. The molecule has 1 aliphatic heterocycles. The molecule has 0 bridgehead atoms. The quantitative estimate of drug-likeness (QED) is 0.553. The average Bonchev–Trinajstić information content (AvgIpc) is 2.85. The molecule has 1 amide bonds. The van der Waals surface area contributed by atoms with Crippen LogP contribution < -0.4 is 4.74 Å². The van der Waals surface area contributed by atoms with Crippen LogP contribution in [0.4, 0.5) is 0 Å². The van der Waals surface area contributed by atoms with Gasteiger partial charge >= 0.3 is 0 Å². The van der Waals surface area contributed by atoms with Crippen LogP contribution in [0.3, 0.4) is 0 Å². The molecule has 4 rings (SSSR count).